The standard InChI is InChI=1S/C17H19N3O4S/c1-12(21)20(14-7-9-25(23,24)11-14)10-16(22)19-15-6-2-4-13-5-3-8-18-17(13)15/h2-6,8,14H,7,9-11H2,1H3,(H,19,22). The third kappa shape index (κ3) is 3.96. The molecule has 1 unspecified atom stereocenters. The minimum atomic E-state index is -3.13. The molecule has 2 amide bonds. The number of aromatic nitrogens is 1. The normalized spacial score (nSPS) is 18.8. The van der Waals surface area contributed by atoms with Crippen molar-refractivity contribution in [3.63, 3.8) is 0 Å². The molecule has 0 spiro atoms. The number of hydrogen-bond acceptors (Lipinski definition) is 5. The minimum Gasteiger partial charge on any atom is -0.330 e. The molecule has 3 rings (SSSR count). The number of anilines is 1. The van der Waals surface area contributed by atoms with E-state index in [1.165, 1.54) is 11.8 Å². The Hall–Kier alpha value is -2.48. The highest BCUT2D eigenvalue weighted by Crippen LogP contribution is 2.21. The first-order chi connectivity index (χ1) is 11.9. The van der Waals surface area contributed by atoms with E-state index in [9.17, 15) is 18.0 Å². The van der Waals surface area contributed by atoms with E-state index < -0.39 is 15.9 Å². The number of carbonyl (C=O) groups is 2. The Morgan fingerprint density at radius 2 is 2.04 bits per heavy atom. The maximum atomic E-state index is 12.4. The van der Waals surface area contributed by atoms with Crippen molar-refractivity contribution >= 4 is 38.2 Å². The van der Waals surface area contributed by atoms with E-state index in [4.69, 9.17) is 0 Å². The summed E-state index contributed by atoms with van der Waals surface area (Å²) in [5.74, 6) is -0.725. The van der Waals surface area contributed by atoms with Crippen LogP contribution in [0.5, 0.6) is 0 Å². The van der Waals surface area contributed by atoms with Crippen molar-refractivity contribution in [3.05, 3.63) is 36.5 Å². The minimum absolute atomic E-state index is 0.0519. The van der Waals surface area contributed by atoms with E-state index in [1.54, 1.807) is 12.3 Å². The predicted molar refractivity (Wildman–Crippen MR) is 94.8 cm³/mol. The van der Waals surface area contributed by atoms with Crippen LogP contribution < -0.4 is 5.32 Å². The van der Waals surface area contributed by atoms with Crippen LogP contribution in [0.1, 0.15) is 13.3 Å². The van der Waals surface area contributed by atoms with Gasteiger partial charge in [-0.3, -0.25) is 14.6 Å². The van der Waals surface area contributed by atoms with Gasteiger partial charge in [-0.05, 0) is 18.6 Å². The van der Waals surface area contributed by atoms with Crippen molar-refractivity contribution in [2.45, 2.75) is 19.4 Å². The Morgan fingerprint density at radius 3 is 2.72 bits per heavy atom. The number of amides is 2. The number of pyridine rings is 1. The smallest absolute Gasteiger partial charge is 0.244 e. The molecule has 2 aromatic rings. The molecule has 1 aromatic carbocycles. The van der Waals surface area contributed by atoms with E-state index in [0.717, 1.165) is 5.39 Å². The first-order valence-electron chi connectivity index (χ1n) is 7.97. The summed E-state index contributed by atoms with van der Waals surface area (Å²) in [6.45, 7) is 1.16. The molecule has 1 aliphatic rings. The van der Waals surface area contributed by atoms with Crippen molar-refractivity contribution < 1.29 is 18.0 Å². The number of para-hydroxylation sites is 1. The summed E-state index contributed by atoms with van der Waals surface area (Å²) in [5, 5.41) is 3.66. The summed E-state index contributed by atoms with van der Waals surface area (Å²) in [7, 11) is -3.13. The number of benzene rings is 1. The fourth-order valence-corrected chi connectivity index (χ4v) is 4.80. The van der Waals surface area contributed by atoms with E-state index in [2.05, 4.69) is 10.3 Å². The number of nitrogens with zero attached hydrogens (tertiary/aromatic N) is 2. The maximum Gasteiger partial charge on any atom is 0.244 e. The van der Waals surface area contributed by atoms with Crippen LogP contribution in [0.2, 0.25) is 0 Å². The van der Waals surface area contributed by atoms with E-state index in [1.807, 2.05) is 24.3 Å². The van der Waals surface area contributed by atoms with Crippen LogP contribution in [-0.2, 0) is 19.4 Å². The molecule has 7 nitrogen and oxygen atoms in total. The second kappa shape index (κ2) is 6.79. The van der Waals surface area contributed by atoms with Crippen molar-refractivity contribution in [1.29, 1.82) is 0 Å². The van der Waals surface area contributed by atoms with Gasteiger partial charge in [-0.25, -0.2) is 8.42 Å². The van der Waals surface area contributed by atoms with Gasteiger partial charge in [0.15, 0.2) is 9.84 Å². The fraction of sp³-hybridized carbons (Fsp3) is 0.353. The first kappa shape index (κ1) is 17.3. The van der Waals surface area contributed by atoms with Gasteiger partial charge >= 0.3 is 0 Å². The van der Waals surface area contributed by atoms with Crippen molar-refractivity contribution in [3.8, 4) is 0 Å². The summed E-state index contributed by atoms with van der Waals surface area (Å²) in [4.78, 5) is 29.9. The molecule has 0 aliphatic carbocycles. The molecule has 8 heteroatoms. The second-order valence-corrected chi connectivity index (χ2v) is 8.36. The largest absolute Gasteiger partial charge is 0.330 e. The van der Waals surface area contributed by atoms with E-state index >= 15 is 0 Å². The third-order valence-electron chi connectivity index (χ3n) is 4.27. The molecule has 1 N–H and O–H groups in total. The van der Waals surface area contributed by atoms with Gasteiger partial charge in [-0.1, -0.05) is 18.2 Å². The number of nitrogens with one attached hydrogen (secondary N) is 1. The summed E-state index contributed by atoms with van der Waals surface area (Å²) >= 11 is 0. The monoisotopic (exact) mass is 361 g/mol. The van der Waals surface area contributed by atoms with Crippen LogP contribution >= 0.6 is 0 Å². The van der Waals surface area contributed by atoms with Gasteiger partial charge in [0.05, 0.1) is 22.7 Å². The predicted octanol–water partition coefficient (Wildman–Crippen LogP) is 1.21. The van der Waals surface area contributed by atoms with Gasteiger partial charge in [0, 0.05) is 24.5 Å². The van der Waals surface area contributed by atoms with Gasteiger partial charge in [0.1, 0.15) is 6.54 Å². The van der Waals surface area contributed by atoms with Crippen LogP contribution in [0, 0.1) is 0 Å². The topological polar surface area (TPSA) is 96.4 Å². The Bertz CT molecular complexity index is 921. The molecule has 0 bridgehead atoms. The van der Waals surface area contributed by atoms with Crippen LogP contribution in [0.3, 0.4) is 0 Å². The molecule has 132 valence electrons. The highest BCUT2D eigenvalue weighted by atomic mass is 32.2. The molecule has 1 aromatic heterocycles. The molecule has 1 saturated heterocycles. The quantitative estimate of drug-likeness (QED) is 0.883. The zero-order valence-corrected chi connectivity index (χ0v) is 14.6. The summed E-state index contributed by atoms with van der Waals surface area (Å²) < 4.78 is 23.3. The Balaban J connectivity index is 1.75. The summed E-state index contributed by atoms with van der Waals surface area (Å²) in [5.41, 5.74) is 1.22. The number of sulfone groups is 1. The molecular formula is C17H19N3O4S. The Kier molecular flexibility index (Phi) is 4.71. The van der Waals surface area contributed by atoms with Gasteiger partial charge < -0.3 is 10.2 Å². The average Bonchev–Trinajstić information content (AvgIpc) is 2.92. The van der Waals surface area contributed by atoms with Crippen molar-refractivity contribution in [2.75, 3.05) is 23.4 Å². The number of fused-ring (bicyclic) bond motifs is 1. The number of rotatable bonds is 4. The third-order valence-corrected chi connectivity index (χ3v) is 6.02. The number of hydrogen-bond donors (Lipinski definition) is 1. The van der Waals surface area contributed by atoms with E-state index in [0.29, 0.717) is 17.6 Å². The fourth-order valence-electron chi connectivity index (χ4n) is 3.07. The van der Waals surface area contributed by atoms with Crippen LogP contribution in [0.25, 0.3) is 10.9 Å². The number of carbonyl (C=O) groups excluding carboxylic acids is 2. The molecular weight excluding hydrogens is 342 g/mol. The average molecular weight is 361 g/mol. The lowest BCUT2D eigenvalue weighted by atomic mass is 10.2. The lowest BCUT2D eigenvalue weighted by molar-refractivity contribution is -0.134. The lowest BCUT2D eigenvalue weighted by Crippen LogP contribution is -2.44. The highest BCUT2D eigenvalue weighted by molar-refractivity contribution is 7.91. The van der Waals surface area contributed by atoms with E-state index in [-0.39, 0.29) is 29.9 Å². The Morgan fingerprint density at radius 1 is 1.28 bits per heavy atom. The second-order valence-electron chi connectivity index (χ2n) is 6.13. The molecule has 25 heavy (non-hydrogen) atoms. The van der Waals surface area contributed by atoms with Gasteiger partial charge in [0.2, 0.25) is 11.8 Å². The first-order valence-corrected chi connectivity index (χ1v) is 9.79. The van der Waals surface area contributed by atoms with Gasteiger partial charge in [-0.15, -0.1) is 0 Å². The SMILES string of the molecule is CC(=O)N(CC(=O)Nc1cccc2cccnc12)C1CCS(=O)(=O)C1. The highest BCUT2D eigenvalue weighted by Gasteiger charge is 2.34. The van der Waals surface area contributed by atoms with Crippen molar-refractivity contribution in [1.82, 2.24) is 9.88 Å². The maximum absolute atomic E-state index is 12.4. The summed E-state index contributed by atoms with van der Waals surface area (Å²) in [6.07, 6.45) is 2.01. The zero-order valence-electron chi connectivity index (χ0n) is 13.8. The molecule has 0 saturated carbocycles. The van der Waals surface area contributed by atoms with Gasteiger partial charge in [0.25, 0.3) is 0 Å². The molecule has 0 radical (unpaired) electrons. The van der Waals surface area contributed by atoms with Crippen molar-refractivity contribution in [2.24, 2.45) is 0 Å². The van der Waals surface area contributed by atoms with Crippen LogP contribution in [0.4, 0.5) is 5.69 Å². The van der Waals surface area contributed by atoms with Crippen LogP contribution in [-0.4, -0.2) is 54.2 Å². The molecule has 1 aliphatic heterocycles. The molecule has 2 heterocycles. The zero-order chi connectivity index (χ0) is 18.0. The summed E-state index contributed by atoms with van der Waals surface area (Å²) in [6, 6.07) is 8.70. The molecule has 1 atom stereocenters. The Labute approximate surface area is 146 Å². The van der Waals surface area contributed by atoms with Gasteiger partial charge in [-0.2, -0.15) is 0 Å². The lowest BCUT2D eigenvalue weighted by Gasteiger charge is -2.26. The van der Waals surface area contributed by atoms with Crippen LogP contribution in [0.15, 0.2) is 36.5 Å². The molecule has 1 fully saturated rings.